The molecule has 1 aliphatic heterocycles. The SMILES string of the molecule is CC(C)(C)OC(=O)N1CCCN(C(=O)OC(C)(C)C)C1. The van der Waals surface area contributed by atoms with Crippen molar-refractivity contribution in [2.75, 3.05) is 19.8 Å². The van der Waals surface area contributed by atoms with Gasteiger partial charge in [-0.25, -0.2) is 9.59 Å². The minimum atomic E-state index is -0.536. The van der Waals surface area contributed by atoms with E-state index in [9.17, 15) is 9.59 Å². The second-order valence-corrected chi connectivity index (χ2v) is 6.98. The monoisotopic (exact) mass is 286 g/mol. The summed E-state index contributed by atoms with van der Waals surface area (Å²) < 4.78 is 10.6. The summed E-state index contributed by atoms with van der Waals surface area (Å²) >= 11 is 0. The van der Waals surface area contributed by atoms with Crippen LogP contribution in [0.25, 0.3) is 0 Å². The minimum absolute atomic E-state index is 0.212. The molecule has 2 amide bonds. The summed E-state index contributed by atoms with van der Waals surface area (Å²) in [4.78, 5) is 27.0. The number of hydrogen-bond donors (Lipinski definition) is 0. The average Bonchev–Trinajstić information content (AvgIpc) is 2.24. The molecular formula is C14H26N2O4. The second-order valence-electron chi connectivity index (χ2n) is 6.98. The zero-order valence-corrected chi connectivity index (χ0v) is 13.4. The molecule has 0 spiro atoms. The summed E-state index contributed by atoms with van der Waals surface area (Å²) in [7, 11) is 0. The van der Waals surface area contributed by atoms with E-state index in [1.165, 1.54) is 9.80 Å². The van der Waals surface area contributed by atoms with Crippen molar-refractivity contribution in [3.63, 3.8) is 0 Å². The average molecular weight is 286 g/mol. The Morgan fingerprint density at radius 2 is 1.15 bits per heavy atom. The van der Waals surface area contributed by atoms with Crippen LogP contribution in [-0.4, -0.2) is 52.9 Å². The number of amides is 2. The fourth-order valence-electron chi connectivity index (χ4n) is 1.75. The Labute approximate surface area is 121 Å². The van der Waals surface area contributed by atoms with Crippen molar-refractivity contribution in [2.24, 2.45) is 0 Å². The summed E-state index contributed by atoms with van der Waals surface area (Å²) in [6.07, 6.45) is -0.0742. The molecule has 6 nitrogen and oxygen atoms in total. The Balaban J connectivity index is 2.58. The van der Waals surface area contributed by atoms with E-state index < -0.39 is 23.4 Å². The van der Waals surface area contributed by atoms with Gasteiger partial charge in [0.05, 0.1) is 0 Å². The largest absolute Gasteiger partial charge is 0.444 e. The van der Waals surface area contributed by atoms with Gasteiger partial charge >= 0.3 is 12.2 Å². The normalized spacial score (nSPS) is 16.9. The molecule has 1 saturated heterocycles. The fourth-order valence-corrected chi connectivity index (χ4v) is 1.75. The van der Waals surface area contributed by atoms with Gasteiger partial charge in [-0.05, 0) is 48.0 Å². The van der Waals surface area contributed by atoms with Crippen LogP contribution in [0.2, 0.25) is 0 Å². The van der Waals surface area contributed by atoms with Crippen LogP contribution in [0.3, 0.4) is 0 Å². The Kier molecular flexibility index (Phi) is 4.89. The lowest BCUT2D eigenvalue weighted by atomic mass is 10.2. The van der Waals surface area contributed by atoms with E-state index in [0.717, 1.165) is 6.42 Å². The molecule has 1 heterocycles. The smallest absolute Gasteiger partial charge is 0.411 e. The summed E-state index contributed by atoms with van der Waals surface area (Å²) in [5.74, 6) is 0. The number of nitrogens with zero attached hydrogens (tertiary/aromatic N) is 2. The highest BCUT2D eigenvalue weighted by Crippen LogP contribution is 2.16. The molecule has 1 aliphatic rings. The molecule has 0 aromatic rings. The van der Waals surface area contributed by atoms with Gasteiger partial charge < -0.3 is 9.47 Å². The van der Waals surface area contributed by atoms with Gasteiger partial charge in [0.1, 0.15) is 17.9 Å². The number of rotatable bonds is 0. The molecule has 0 bridgehead atoms. The lowest BCUT2D eigenvalue weighted by Gasteiger charge is -2.36. The van der Waals surface area contributed by atoms with Crippen LogP contribution in [0, 0.1) is 0 Å². The number of ether oxygens (including phenoxy) is 2. The maximum atomic E-state index is 12.0. The van der Waals surface area contributed by atoms with Crippen LogP contribution in [0.5, 0.6) is 0 Å². The third-order valence-electron chi connectivity index (χ3n) is 2.50. The molecule has 0 N–H and O–H groups in total. The minimum Gasteiger partial charge on any atom is -0.444 e. The van der Waals surface area contributed by atoms with Gasteiger partial charge in [0.15, 0.2) is 0 Å². The fraction of sp³-hybridized carbons (Fsp3) is 0.857. The molecule has 0 atom stereocenters. The standard InChI is InChI=1S/C14H26N2O4/c1-13(2,3)19-11(17)15-8-7-9-16(10-15)12(18)20-14(4,5)6/h7-10H2,1-6H3. The zero-order valence-electron chi connectivity index (χ0n) is 13.4. The van der Waals surface area contributed by atoms with Crippen LogP contribution in [0.15, 0.2) is 0 Å². The number of carbonyl (C=O) groups is 2. The predicted octanol–water partition coefficient (Wildman–Crippen LogP) is 2.82. The molecule has 20 heavy (non-hydrogen) atoms. The van der Waals surface area contributed by atoms with E-state index in [1.54, 1.807) is 0 Å². The van der Waals surface area contributed by atoms with Gasteiger partial charge in [-0.3, -0.25) is 9.80 Å². The summed E-state index contributed by atoms with van der Waals surface area (Å²) in [5.41, 5.74) is -1.07. The molecule has 0 radical (unpaired) electrons. The third-order valence-corrected chi connectivity index (χ3v) is 2.50. The number of carbonyl (C=O) groups excluding carboxylic acids is 2. The maximum Gasteiger partial charge on any atom is 0.411 e. The second kappa shape index (κ2) is 5.89. The molecule has 0 aromatic carbocycles. The van der Waals surface area contributed by atoms with E-state index in [-0.39, 0.29) is 6.67 Å². The van der Waals surface area contributed by atoms with Gasteiger partial charge in [-0.15, -0.1) is 0 Å². The van der Waals surface area contributed by atoms with Crippen molar-refractivity contribution in [3.05, 3.63) is 0 Å². The Bertz CT molecular complexity index is 334. The van der Waals surface area contributed by atoms with E-state index in [0.29, 0.717) is 13.1 Å². The molecule has 116 valence electrons. The number of hydrogen-bond acceptors (Lipinski definition) is 4. The highest BCUT2D eigenvalue weighted by molar-refractivity contribution is 5.71. The Morgan fingerprint density at radius 3 is 1.45 bits per heavy atom. The van der Waals surface area contributed by atoms with Gasteiger partial charge in [-0.2, -0.15) is 0 Å². The summed E-state index contributed by atoms with van der Waals surface area (Å²) in [5, 5.41) is 0. The zero-order chi connectivity index (χ0) is 15.6. The lowest BCUT2D eigenvalue weighted by Crippen LogP contribution is -2.51. The van der Waals surface area contributed by atoms with Crippen LogP contribution >= 0.6 is 0 Å². The predicted molar refractivity (Wildman–Crippen MR) is 75.4 cm³/mol. The summed E-state index contributed by atoms with van der Waals surface area (Å²) in [6.45, 7) is 12.3. The van der Waals surface area contributed by atoms with E-state index >= 15 is 0 Å². The lowest BCUT2D eigenvalue weighted by molar-refractivity contribution is -0.0127. The molecule has 1 fully saturated rings. The topological polar surface area (TPSA) is 59.1 Å². The van der Waals surface area contributed by atoms with Crippen LogP contribution in [0.4, 0.5) is 9.59 Å². The summed E-state index contributed by atoms with van der Waals surface area (Å²) in [6, 6.07) is 0. The molecule has 0 aliphatic carbocycles. The van der Waals surface area contributed by atoms with Gasteiger partial charge in [0.25, 0.3) is 0 Å². The first-order chi connectivity index (χ1) is 8.98. The highest BCUT2D eigenvalue weighted by atomic mass is 16.6. The Morgan fingerprint density at radius 1 is 0.800 bits per heavy atom. The van der Waals surface area contributed by atoms with Crippen molar-refractivity contribution in [2.45, 2.75) is 59.2 Å². The van der Waals surface area contributed by atoms with Crippen molar-refractivity contribution >= 4 is 12.2 Å². The van der Waals surface area contributed by atoms with Crippen molar-refractivity contribution < 1.29 is 19.1 Å². The first-order valence-corrected chi connectivity index (χ1v) is 6.94. The Hall–Kier alpha value is -1.46. The van der Waals surface area contributed by atoms with Crippen LogP contribution < -0.4 is 0 Å². The van der Waals surface area contributed by atoms with Crippen LogP contribution in [0.1, 0.15) is 48.0 Å². The molecule has 1 rings (SSSR count). The maximum absolute atomic E-state index is 12.0. The van der Waals surface area contributed by atoms with Gasteiger partial charge in [0.2, 0.25) is 0 Å². The molecule has 0 saturated carbocycles. The quantitative estimate of drug-likeness (QED) is 0.687. The van der Waals surface area contributed by atoms with Gasteiger partial charge in [-0.1, -0.05) is 0 Å². The van der Waals surface area contributed by atoms with Gasteiger partial charge in [0, 0.05) is 13.1 Å². The van der Waals surface area contributed by atoms with Crippen LogP contribution in [-0.2, 0) is 9.47 Å². The molecule has 0 aromatic heterocycles. The van der Waals surface area contributed by atoms with E-state index in [4.69, 9.17) is 9.47 Å². The first kappa shape index (κ1) is 16.6. The molecular weight excluding hydrogens is 260 g/mol. The first-order valence-electron chi connectivity index (χ1n) is 6.94. The van der Waals surface area contributed by atoms with Crippen molar-refractivity contribution in [3.8, 4) is 0 Å². The highest BCUT2D eigenvalue weighted by Gasteiger charge is 2.30. The van der Waals surface area contributed by atoms with Crippen molar-refractivity contribution in [1.82, 2.24) is 9.80 Å². The van der Waals surface area contributed by atoms with E-state index in [2.05, 4.69) is 0 Å². The van der Waals surface area contributed by atoms with E-state index in [1.807, 2.05) is 41.5 Å². The van der Waals surface area contributed by atoms with Crippen molar-refractivity contribution in [1.29, 1.82) is 0 Å². The molecule has 0 unspecified atom stereocenters. The molecule has 6 heteroatoms. The third kappa shape index (κ3) is 5.67.